The summed E-state index contributed by atoms with van der Waals surface area (Å²) in [6.45, 7) is 0. The predicted octanol–water partition coefficient (Wildman–Crippen LogP) is 1.39. The van der Waals surface area contributed by atoms with E-state index in [9.17, 15) is 4.79 Å². The van der Waals surface area contributed by atoms with Crippen molar-refractivity contribution in [3.63, 3.8) is 0 Å². The van der Waals surface area contributed by atoms with Crippen LogP contribution in [-0.2, 0) is 4.79 Å². The first-order valence-electron chi connectivity index (χ1n) is 5.10. The molecule has 0 aromatic heterocycles. The maximum absolute atomic E-state index is 11.9. The van der Waals surface area contributed by atoms with Gasteiger partial charge < -0.3 is 15.8 Å². The van der Waals surface area contributed by atoms with Gasteiger partial charge in [0.1, 0.15) is 16.8 Å². The largest absolute Gasteiger partial charge is 0.497 e. The highest BCUT2D eigenvalue weighted by Crippen LogP contribution is 2.23. The number of hydrogen-bond acceptors (Lipinski definition) is 5. The number of nitrogens with two attached hydrogens (primary N) is 1. The first-order valence-corrected chi connectivity index (χ1v) is 6.38. The molecule has 0 radical (unpaired) electrons. The van der Waals surface area contributed by atoms with Gasteiger partial charge in [0.2, 0.25) is 5.91 Å². The van der Waals surface area contributed by atoms with Crippen molar-refractivity contribution in [3.8, 4) is 5.75 Å². The Morgan fingerprint density at radius 1 is 1.50 bits per heavy atom. The van der Waals surface area contributed by atoms with Crippen LogP contribution in [0.2, 0.25) is 0 Å². The molecule has 1 aromatic carbocycles. The molecule has 0 spiro atoms. The van der Waals surface area contributed by atoms with Crippen molar-refractivity contribution in [2.24, 2.45) is 10.7 Å². The average molecular weight is 281 g/mol. The molecule has 0 saturated heterocycles. The van der Waals surface area contributed by atoms with Crippen molar-refractivity contribution in [3.05, 3.63) is 24.3 Å². The highest BCUT2D eigenvalue weighted by Gasteiger charge is 2.30. The molecule has 1 aliphatic rings. The van der Waals surface area contributed by atoms with Gasteiger partial charge in [-0.05, 0) is 24.3 Å². The van der Waals surface area contributed by atoms with Crippen molar-refractivity contribution >= 4 is 45.7 Å². The minimum atomic E-state index is -0.542. The zero-order valence-corrected chi connectivity index (χ0v) is 11.2. The van der Waals surface area contributed by atoms with E-state index in [1.54, 1.807) is 31.4 Å². The van der Waals surface area contributed by atoms with Crippen LogP contribution in [0.3, 0.4) is 0 Å². The van der Waals surface area contributed by atoms with Crippen LogP contribution in [0.4, 0.5) is 5.69 Å². The summed E-state index contributed by atoms with van der Waals surface area (Å²) in [6.07, 6.45) is 0. The normalized spacial score (nSPS) is 18.4. The fourth-order valence-corrected chi connectivity index (χ4v) is 2.51. The number of nitrogens with one attached hydrogen (secondary N) is 1. The summed E-state index contributed by atoms with van der Waals surface area (Å²) in [5.41, 5.74) is 6.30. The average Bonchev–Trinajstić information content (AvgIpc) is 2.69. The first-order chi connectivity index (χ1) is 8.60. The fourth-order valence-electron chi connectivity index (χ4n) is 1.42. The number of aliphatic imine (C=N–C) groups is 1. The Labute approximate surface area is 114 Å². The molecular weight excluding hydrogens is 270 g/mol. The molecule has 3 N–H and O–H groups in total. The Morgan fingerprint density at radius 3 is 2.67 bits per heavy atom. The number of nitrogens with zero attached hydrogens (tertiary/aromatic N) is 1. The van der Waals surface area contributed by atoms with Crippen LogP contribution in [-0.4, -0.2) is 28.4 Å². The second-order valence-corrected chi connectivity index (χ2v) is 5.26. The van der Waals surface area contributed by atoms with Crippen molar-refractivity contribution < 1.29 is 9.53 Å². The van der Waals surface area contributed by atoms with Crippen molar-refractivity contribution in [1.29, 1.82) is 0 Å². The quantitative estimate of drug-likeness (QED) is 0.819. The van der Waals surface area contributed by atoms with Crippen molar-refractivity contribution in [2.75, 3.05) is 12.4 Å². The van der Waals surface area contributed by atoms with Gasteiger partial charge in [-0.2, -0.15) is 0 Å². The third-order valence-electron chi connectivity index (χ3n) is 2.30. The Morgan fingerprint density at radius 2 is 2.17 bits per heavy atom. The number of thiocarbonyl (C=S) groups is 1. The number of amidine groups is 1. The van der Waals surface area contributed by atoms with Gasteiger partial charge in [0.15, 0.2) is 4.32 Å². The lowest BCUT2D eigenvalue weighted by molar-refractivity contribution is -0.114. The highest BCUT2D eigenvalue weighted by atomic mass is 32.2. The molecule has 18 heavy (non-hydrogen) atoms. The molecule has 5 nitrogen and oxygen atoms in total. The van der Waals surface area contributed by atoms with Crippen LogP contribution in [0.5, 0.6) is 5.75 Å². The second-order valence-electron chi connectivity index (χ2n) is 3.52. The van der Waals surface area contributed by atoms with Gasteiger partial charge in [-0.15, -0.1) is 0 Å². The van der Waals surface area contributed by atoms with Crippen LogP contribution >= 0.6 is 24.0 Å². The van der Waals surface area contributed by atoms with E-state index in [0.29, 0.717) is 10.0 Å². The standard InChI is InChI=1S/C11H11N3O2S2/c1-16-7-4-2-6(3-5-7)13-10(15)8-9(12)14-11(17)18-8/h2-5,8H,1H3,(H,13,15)(H2,12,14,17). The summed E-state index contributed by atoms with van der Waals surface area (Å²) >= 11 is 6.06. The lowest BCUT2D eigenvalue weighted by atomic mass is 10.3. The summed E-state index contributed by atoms with van der Waals surface area (Å²) in [5, 5.41) is 2.21. The number of amides is 1. The summed E-state index contributed by atoms with van der Waals surface area (Å²) in [6, 6.07) is 7.03. The van der Waals surface area contributed by atoms with Crippen molar-refractivity contribution in [2.45, 2.75) is 5.25 Å². The van der Waals surface area contributed by atoms with Gasteiger partial charge in [-0.25, -0.2) is 4.99 Å². The summed E-state index contributed by atoms with van der Waals surface area (Å²) < 4.78 is 5.42. The zero-order chi connectivity index (χ0) is 13.1. The molecule has 1 amide bonds. The van der Waals surface area contributed by atoms with Gasteiger partial charge in [0, 0.05) is 5.69 Å². The monoisotopic (exact) mass is 281 g/mol. The van der Waals surface area contributed by atoms with Gasteiger partial charge in [0.25, 0.3) is 0 Å². The molecule has 0 bridgehead atoms. The van der Waals surface area contributed by atoms with E-state index in [1.807, 2.05) is 0 Å². The van der Waals surface area contributed by atoms with Crippen LogP contribution in [0.25, 0.3) is 0 Å². The Hall–Kier alpha value is -1.60. The zero-order valence-electron chi connectivity index (χ0n) is 9.54. The topological polar surface area (TPSA) is 76.7 Å². The summed E-state index contributed by atoms with van der Waals surface area (Å²) in [7, 11) is 1.58. The van der Waals surface area contributed by atoms with E-state index in [2.05, 4.69) is 10.3 Å². The van der Waals surface area contributed by atoms with Gasteiger partial charge in [0.05, 0.1) is 7.11 Å². The molecular formula is C11H11N3O2S2. The molecule has 2 rings (SSSR count). The molecule has 0 aliphatic carbocycles. The van der Waals surface area contributed by atoms with E-state index in [0.717, 1.165) is 5.75 Å². The van der Waals surface area contributed by atoms with E-state index in [1.165, 1.54) is 11.8 Å². The number of benzene rings is 1. The fraction of sp³-hybridized carbons (Fsp3) is 0.182. The van der Waals surface area contributed by atoms with E-state index < -0.39 is 5.25 Å². The molecule has 1 unspecified atom stereocenters. The van der Waals surface area contributed by atoms with Crippen LogP contribution in [0.1, 0.15) is 0 Å². The van der Waals surface area contributed by atoms with E-state index in [-0.39, 0.29) is 11.7 Å². The number of rotatable bonds is 3. The van der Waals surface area contributed by atoms with Gasteiger partial charge in [-0.3, -0.25) is 4.79 Å². The maximum Gasteiger partial charge on any atom is 0.245 e. The number of carbonyl (C=O) groups excluding carboxylic acids is 1. The third kappa shape index (κ3) is 2.80. The minimum Gasteiger partial charge on any atom is -0.497 e. The smallest absolute Gasteiger partial charge is 0.245 e. The number of hydrogen-bond donors (Lipinski definition) is 2. The summed E-state index contributed by atoms with van der Waals surface area (Å²) in [5.74, 6) is 0.743. The number of thioether (sulfide) groups is 1. The maximum atomic E-state index is 11.9. The highest BCUT2D eigenvalue weighted by molar-refractivity contribution is 8.24. The Balaban J connectivity index is 2.03. The van der Waals surface area contributed by atoms with Gasteiger partial charge in [-0.1, -0.05) is 24.0 Å². The molecule has 1 atom stereocenters. The third-order valence-corrected chi connectivity index (χ3v) is 3.67. The number of carbonyl (C=O) groups is 1. The number of anilines is 1. The Bertz CT molecular complexity index is 514. The molecule has 1 aromatic rings. The summed E-state index contributed by atoms with van der Waals surface area (Å²) in [4.78, 5) is 15.8. The molecule has 94 valence electrons. The molecule has 7 heteroatoms. The SMILES string of the molecule is COc1ccc(NC(=O)C2SC(=S)N=C2N)cc1. The Kier molecular flexibility index (Phi) is 3.83. The molecule has 0 fully saturated rings. The number of methoxy groups -OCH3 is 1. The van der Waals surface area contributed by atoms with Crippen LogP contribution in [0, 0.1) is 0 Å². The predicted molar refractivity (Wildman–Crippen MR) is 77.2 cm³/mol. The van der Waals surface area contributed by atoms with E-state index in [4.69, 9.17) is 22.7 Å². The first kappa shape index (κ1) is 12.8. The van der Waals surface area contributed by atoms with Gasteiger partial charge >= 0.3 is 0 Å². The lowest BCUT2D eigenvalue weighted by Gasteiger charge is -2.10. The minimum absolute atomic E-state index is 0.230. The lowest BCUT2D eigenvalue weighted by Crippen LogP contribution is -2.34. The van der Waals surface area contributed by atoms with Crippen LogP contribution in [0.15, 0.2) is 29.3 Å². The number of ether oxygens (including phenoxy) is 1. The second kappa shape index (κ2) is 5.36. The van der Waals surface area contributed by atoms with Crippen molar-refractivity contribution in [1.82, 2.24) is 0 Å². The molecule has 1 heterocycles. The molecule has 1 aliphatic heterocycles. The molecule has 0 saturated carbocycles. The van der Waals surface area contributed by atoms with Crippen LogP contribution < -0.4 is 15.8 Å². The van der Waals surface area contributed by atoms with E-state index >= 15 is 0 Å².